The number of rotatable bonds is 14. The van der Waals surface area contributed by atoms with Crippen molar-refractivity contribution >= 4 is 23.5 Å². The van der Waals surface area contributed by atoms with Crippen LogP contribution in [0.15, 0.2) is 34.4 Å². The van der Waals surface area contributed by atoms with E-state index in [4.69, 9.17) is 18.7 Å². The van der Waals surface area contributed by atoms with E-state index in [1.807, 2.05) is 0 Å². The summed E-state index contributed by atoms with van der Waals surface area (Å²) in [5.74, 6) is -4.21. The Balaban J connectivity index is 1.74. The summed E-state index contributed by atoms with van der Waals surface area (Å²) in [6.45, 7) is 2.62. The average molecular weight is 587 g/mol. The Morgan fingerprint density at radius 1 is 1.07 bits per heavy atom. The van der Waals surface area contributed by atoms with Gasteiger partial charge < -0.3 is 34.7 Å². The number of carbonyl (C=O) groups excluding carboxylic acids is 4. The van der Waals surface area contributed by atoms with E-state index in [1.165, 1.54) is 39.4 Å². The number of halogens is 3. The second kappa shape index (κ2) is 13.4. The Kier molecular flexibility index (Phi) is 10.4. The molecule has 1 aliphatic carbocycles. The lowest BCUT2D eigenvalue weighted by molar-refractivity contribution is -0.160. The van der Waals surface area contributed by atoms with Crippen molar-refractivity contribution in [3.8, 4) is 0 Å². The summed E-state index contributed by atoms with van der Waals surface area (Å²) >= 11 is 0. The van der Waals surface area contributed by atoms with Crippen molar-refractivity contribution in [1.29, 1.82) is 0 Å². The molecule has 12 nitrogen and oxygen atoms in total. The maximum atomic E-state index is 13.3. The molecule has 3 amide bonds. The highest BCUT2D eigenvalue weighted by Crippen LogP contribution is 2.35. The van der Waals surface area contributed by atoms with Crippen LogP contribution in [0.1, 0.15) is 36.0 Å². The summed E-state index contributed by atoms with van der Waals surface area (Å²) in [4.78, 5) is 51.9. The molecule has 2 heterocycles. The number of Topliss-reactive ketones (excluding diaryl/α,β-unsaturated/α-hetero) is 1. The van der Waals surface area contributed by atoms with Gasteiger partial charge in [-0.1, -0.05) is 23.4 Å². The SMILES string of the molecule is COCC(NC(=O)c1cc(C)on1)C(=O)N[C@@H](COC)C(=O)NC(CC1=CC(C(F)(F)F)CC=C1)C(=O)C1(C)CO1. The number of hydrogen-bond acceptors (Lipinski definition) is 9. The quantitative estimate of drug-likeness (QED) is 0.272. The van der Waals surface area contributed by atoms with E-state index >= 15 is 0 Å². The van der Waals surface area contributed by atoms with Crippen molar-refractivity contribution in [2.45, 2.75) is 56.6 Å². The topological polar surface area (TPSA) is 161 Å². The monoisotopic (exact) mass is 586 g/mol. The number of nitrogens with zero attached hydrogens (tertiary/aromatic N) is 1. The molecule has 3 N–H and O–H groups in total. The molecule has 2 aliphatic rings. The van der Waals surface area contributed by atoms with Gasteiger partial charge in [0.1, 0.15) is 23.4 Å². The van der Waals surface area contributed by atoms with Crippen LogP contribution in [0.4, 0.5) is 13.2 Å². The van der Waals surface area contributed by atoms with Crippen molar-refractivity contribution in [3.05, 3.63) is 41.3 Å². The molecule has 1 aliphatic heterocycles. The van der Waals surface area contributed by atoms with Gasteiger partial charge in [0.25, 0.3) is 5.91 Å². The molecule has 4 unspecified atom stereocenters. The Bertz CT molecular complexity index is 1190. The maximum Gasteiger partial charge on any atom is 0.395 e. The Labute approximate surface area is 234 Å². The Morgan fingerprint density at radius 2 is 1.66 bits per heavy atom. The van der Waals surface area contributed by atoms with E-state index in [0.717, 1.165) is 6.08 Å². The molecule has 1 aromatic rings. The number of carbonyl (C=O) groups is 4. The highest BCUT2D eigenvalue weighted by atomic mass is 19.4. The first kappa shape index (κ1) is 32.0. The van der Waals surface area contributed by atoms with Gasteiger partial charge in [-0.3, -0.25) is 19.2 Å². The fourth-order valence-corrected chi connectivity index (χ4v) is 4.13. The zero-order valence-electron chi connectivity index (χ0n) is 23.0. The molecule has 0 spiro atoms. The lowest BCUT2D eigenvalue weighted by Gasteiger charge is -2.26. The van der Waals surface area contributed by atoms with Gasteiger partial charge in [-0.05, 0) is 32.3 Å². The first-order valence-electron chi connectivity index (χ1n) is 12.7. The van der Waals surface area contributed by atoms with Crippen molar-refractivity contribution in [2.24, 2.45) is 5.92 Å². The van der Waals surface area contributed by atoms with Crippen molar-refractivity contribution in [1.82, 2.24) is 21.1 Å². The number of ether oxygens (including phenoxy) is 3. The fourth-order valence-electron chi connectivity index (χ4n) is 4.13. The van der Waals surface area contributed by atoms with Crippen molar-refractivity contribution in [3.63, 3.8) is 0 Å². The van der Waals surface area contributed by atoms with Gasteiger partial charge in [-0.15, -0.1) is 0 Å². The molecule has 226 valence electrons. The third kappa shape index (κ3) is 8.71. The van der Waals surface area contributed by atoms with Gasteiger partial charge in [-0.25, -0.2) is 0 Å². The average Bonchev–Trinajstić information content (AvgIpc) is 3.52. The van der Waals surface area contributed by atoms with Crippen LogP contribution in [0.5, 0.6) is 0 Å². The lowest BCUT2D eigenvalue weighted by Crippen LogP contribution is -2.58. The van der Waals surface area contributed by atoms with Crippen LogP contribution < -0.4 is 16.0 Å². The highest BCUT2D eigenvalue weighted by Gasteiger charge is 2.50. The van der Waals surface area contributed by atoms with E-state index < -0.39 is 59.3 Å². The minimum Gasteiger partial charge on any atom is -0.382 e. The van der Waals surface area contributed by atoms with Crippen LogP contribution in [-0.4, -0.2) is 92.6 Å². The maximum absolute atomic E-state index is 13.3. The van der Waals surface area contributed by atoms with Gasteiger partial charge in [-0.2, -0.15) is 13.2 Å². The van der Waals surface area contributed by atoms with Crippen LogP contribution in [0.3, 0.4) is 0 Å². The van der Waals surface area contributed by atoms with E-state index in [9.17, 15) is 32.3 Å². The summed E-state index contributed by atoms with van der Waals surface area (Å²) in [6.07, 6.45) is -1.03. The molecular formula is C26H33F3N4O8. The number of ketones is 1. The smallest absolute Gasteiger partial charge is 0.382 e. The molecule has 1 saturated heterocycles. The van der Waals surface area contributed by atoms with E-state index in [-0.39, 0.29) is 43.9 Å². The highest BCUT2D eigenvalue weighted by molar-refractivity contribution is 5.99. The summed E-state index contributed by atoms with van der Waals surface area (Å²) in [7, 11) is 2.59. The Hall–Kier alpha value is -3.56. The fraction of sp³-hybridized carbons (Fsp3) is 0.577. The predicted molar refractivity (Wildman–Crippen MR) is 135 cm³/mol. The summed E-state index contributed by atoms with van der Waals surface area (Å²) in [5, 5.41) is 11.0. The van der Waals surface area contributed by atoms with Gasteiger partial charge in [0.05, 0.1) is 31.8 Å². The van der Waals surface area contributed by atoms with Crippen LogP contribution in [0, 0.1) is 12.8 Å². The second-order valence-electron chi connectivity index (χ2n) is 10.00. The molecular weight excluding hydrogens is 553 g/mol. The number of hydrogen-bond donors (Lipinski definition) is 3. The largest absolute Gasteiger partial charge is 0.395 e. The van der Waals surface area contributed by atoms with E-state index in [0.29, 0.717) is 5.76 Å². The number of nitrogens with one attached hydrogen (secondary N) is 3. The number of methoxy groups -OCH3 is 2. The third-order valence-electron chi connectivity index (χ3n) is 6.51. The number of allylic oxidation sites excluding steroid dienone is 3. The van der Waals surface area contributed by atoms with Crippen LogP contribution in [-0.2, 0) is 28.6 Å². The van der Waals surface area contributed by atoms with Crippen LogP contribution >= 0.6 is 0 Å². The predicted octanol–water partition coefficient (Wildman–Crippen LogP) is 1.16. The molecule has 0 radical (unpaired) electrons. The second-order valence-corrected chi connectivity index (χ2v) is 10.00. The molecule has 41 heavy (non-hydrogen) atoms. The van der Waals surface area contributed by atoms with Crippen molar-refractivity contribution < 1.29 is 51.1 Å². The van der Waals surface area contributed by atoms with Crippen LogP contribution in [0.25, 0.3) is 0 Å². The Morgan fingerprint density at radius 3 is 2.17 bits per heavy atom. The molecule has 5 atom stereocenters. The standard InChI is InChI=1S/C26H33F3N4O8/c1-14-8-18(33-41-14)22(35)31-20(12-39-4)24(37)32-19(11-38-3)23(36)30-17(21(34)25(2)13-40-25)10-15-6-5-7-16(9-15)26(27,28)29/h5-6,8-9,16-17,19-20H,7,10-13H2,1-4H3,(H,30,36)(H,31,35)(H,32,37)/t16?,17?,19-,20?,25?/m0/s1. The number of aromatic nitrogens is 1. The molecule has 1 fully saturated rings. The molecule has 1 aromatic heterocycles. The molecule has 0 aromatic carbocycles. The summed E-state index contributed by atoms with van der Waals surface area (Å²) < 4.78 is 60.1. The number of epoxide rings is 1. The van der Waals surface area contributed by atoms with Gasteiger partial charge >= 0.3 is 6.18 Å². The van der Waals surface area contributed by atoms with Gasteiger partial charge in [0.15, 0.2) is 11.5 Å². The van der Waals surface area contributed by atoms with Gasteiger partial charge in [0, 0.05) is 20.3 Å². The zero-order valence-corrected chi connectivity index (χ0v) is 23.0. The zero-order chi connectivity index (χ0) is 30.4. The van der Waals surface area contributed by atoms with E-state index in [2.05, 4.69) is 21.1 Å². The minimum absolute atomic E-state index is 0.0708. The first-order valence-corrected chi connectivity index (χ1v) is 12.7. The van der Waals surface area contributed by atoms with Gasteiger partial charge in [0.2, 0.25) is 11.8 Å². The summed E-state index contributed by atoms with van der Waals surface area (Å²) in [5.41, 5.74) is -1.04. The first-order chi connectivity index (χ1) is 19.3. The lowest BCUT2D eigenvalue weighted by atomic mass is 9.89. The minimum atomic E-state index is -4.46. The van der Waals surface area contributed by atoms with E-state index in [1.54, 1.807) is 6.92 Å². The molecule has 3 rings (SSSR count). The third-order valence-corrected chi connectivity index (χ3v) is 6.51. The van der Waals surface area contributed by atoms with Crippen molar-refractivity contribution in [2.75, 3.05) is 34.0 Å². The summed E-state index contributed by atoms with van der Waals surface area (Å²) in [6, 6.07) is -2.46. The van der Waals surface area contributed by atoms with Crippen LogP contribution in [0.2, 0.25) is 0 Å². The number of aryl methyl sites for hydroxylation is 1. The molecule has 15 heteroatoms. The molecule has 0 saturated carbocycles. The molecule has 0 bridgehead atoms. The number of alkyl halides is 3. The number of amides is 3. The normalized spacial score (nSPS) is 22.2.